The number of aromatic nitrogens is 3. The monoisotopic (exact) mass is 294 g/mol. The summed E-state index contributed by atoms with van der Waals surface area (Å²) in [6.45, 7) is 0. The van der Waals surface area contributed by atoms with E-state index >= 15 is 0 Å². The van der Waals surface area contributed by atoms with Crippen LogP contribution in [-0.2, 0) is 11.5 Å². The van der Waals surface area contributed by atoms with Crippen LogP contribution < -0.4 is 5.32 Å². The Labute approximate surface area is 127 Å². The molecular formula is C16H14N4S. The molecule has 0 saturated heterocycles. The SMILES string of the molecule is CNc1nc(-c2nccc3ccccc23)nc2c1CSC2. The molecular weight excluding hydrogens is 280 g/mol. The first-order valence-corrected chi connectivity index (χ1v) is 8.01. The van der Waals surface area contributed by atoms with Crippen molar-refractivity contribution >= 4 is 28.4 Å². The molecule has 5 heteroatoms. The molecule has 0 bridgehead atoms. The minimum absolute atomic E-state index is 0.706. The van der Waals surface area contributed by atoms with Crippen LogP contribution in [0.5, 0.6) is 0 Å². The third kappa shape index (κ3) is 2.05. The number of nitrogens with zero attached hydrogens (tertiary/aromatic N) is 3. The van der Waals surface area contributed by atoms with Crippen molar-refractivity contribution < 1.29 is 0 Å². The van der Waals surface area contributed by atoms with Gasteiger partial charge >= 0.3 is 0 Å². The van der Waals surface area contributed by atoms with Gasteiger partial charge in [-0.15, -0.1) is 0 Å². The molecule has 0 aliphatic carbocycles. The molecule has 1 aromatic carbocycles. The average Bonchev–Trinajstić information content (AvgIpc) is 3.02. The van der Waals surface area contributed by atoms with Crippen LogP contribution in [0.2, 0.25) is 0 Å². The molecule has 0 unspecified atom stereocenters. The minimum atomic E-state index is 0.706. The van der Waals surface area contributed by atoms with Crippen molar-refractivity contribution in [2.75, 3.05) is 12.4 Å². The number of nitrogens with one attached hydrogen (secondary N) is 1. The van der Waals surface area contributed by atoms with Gasteiger partial charge in [-0.3, -0.25) is 4.98 Å². The summed E-state index contributed by atoms with van der Waals surface area (Å²) in [4.78, 5) is 14.0. The first-order valence-electron chi connectivity index (χ1n) is 6.86. The fraction of sp³-hybridized carbons (Fsp3) is 0.188. The zero-order chi connectivity index (χ0) is 14.2. The Kier molecular flexibility index (Phi) is 3.00. The summed E-state index contributed by atoms with van der Waals surface area (Å²) in [5.74, 6) is 3.56. The minimum Gasteiger partial charge on any atom is -0.373 e. The van der Waals surface area contributed by atoms with Crippen molar-refractivity contribution in [3.05, 3.63) is 47.8 Å². The molecule has 0 radical (unpaired) electrons. The molecule has 1 aliphatic heterocycles. The standard InChI is InChI=1S/C16H14N4S/c1-17-15-12-8-21-9-13(12)19-16(20-15)14-11-5-3-2-4-10(11)6-7-18-14/h2-7H,8-9H2,1H3,(H,17,19,20). The highest BCUT2D eigenvalue weighted by Gasteiger charge is 2.20. The molecule has 0 fully saturated rings. The van der Waals surface area contributed by atoms with E-state index in [4.69, 9.17) is 4.98 Å². The van der Waals surface area contributed by atoms with Crippen LogP contribution in [-0.4, -0.2) is 22.0 Å². The largest absolute Gasteiger partial charge is 0.373 e. The zero-order valence-electron chi connectivity index (χ0n) is 11.6. The van der Waals surface area contributed by atoms with Crippen molar-refractivity contribution in [2.24, 2.45) is 0 Å². The molecule has 1 N–H and O–H groups in total. The lowest BCUT2D eigenvalue weighted by Gasteiger charge is -2.10. The van der Waals surface area contributed by atoms with Crippen LogP contribution in [0, 0.1) is 0 Å². The Balaban J connectivity index is 1.97. The molecule has 2 aromatic heterocycles. The lowest BCUT2D eigenvalue weighted by atomic mass is 10.1. The predicted molar refractivity (Wildman–Crippen MR) is 87.3 cm³/mol. The van der Waals surface area contributed by atoms with Gasteiger partial charge in [0.05, 0.1) is 5.69 Å². The summed E-state index contributed by atoms with van der Waals surface area (Å²) in [5.41, 5.74) is 3.21. The van der Waals surface area contributed by atoms with E-state index in [1.165, 1.54) is 5.56 Å². The van der Waals surface area contributed by atoms with E-state index in [0.29, 0.717) is 5.82 Å². The predicted octanol–water partition coefficient (Wildman–Crippen LogP) is 3.48. The lowest BCUT2D eigenvalue weighted by Crippen LogP contribution is -2.04. The highest BCUT2D eigenvalue weighted by Crippen LogP contribution is 2.35. The fourth-order valence-corrected chi connectivity index (χ4v) is 3.70. The van der Waals surface area contributed by atoms with Crippen molar-refractivity contribution in [2.45, 2.75) is 11.5 Å². The number of hydrogen-bond donors (Lipinski definition) is 1. The van der Waals surface area contributed by atoms with Crippen LogP contribution in [0.4, 0.5) is 5.82 Å². The van der Waals surface area contributed by atoms with Gasteiger partial charge in [0.1, 0.15) is 11.5 Å². The third-order valence-electron chi connectivity index (χ3n) is 3.70. The number of hydrogen-bond acceptors (Lipinski definition) is 5. The number of benzene rings is 1. The van der Waals surface area contributed by atoms with Crippen molar-refractivity contribution in [3.8, 4) is 11.5 Å². The van der Waals surface area contributed by atoms with Gasteiger partial charge in [0.15, 0.2) is 5.82 Å². The van der Waals surface area contributed by atoms with Gasteiger partial charge in [0.25, 0.3) is 0 Å². The average molecular weight is 294 g/mol. The smallest absolute Gasteiger partial charge is 0.181 e. The van der Waals surface area contributed by atoms with E-state index < -0.39 is 0 Å². The van der Waals surface area contributed by atoms with Gasteiger partial charge < -0.3 is 5.32 Å². The van der Waals surface area contributed by atoms with E-state index in [-0.39, 0.29) is 0 Å². The maximum atomic E-state index is 4.75. The van der Waals surface area contributed by atoms with Crippen molar-refractivity contribution in [1.29, 1.82) is 0 Å². The third-order valence-corrected chi connectivity index (χ3v) is 4.67. The molecule has 0 spiro atoms. The highest BCUT2D eigenvalue weighted by molar-refractivity contribution is 7.98. The summed E-state index contributed by atoms with van der Waals surface area (Å²) in [6, 6.07) is 10.2. The number of thioether (sulfide) groups is 1. The van der Waals surface area contributed by atoms with E-state index in [1.54, 1.807) is 0 Å². The van der Waals surface area contributed by atoms with E-state index in [0.717, 1.165) is 39.5 Å². The van der Waals surface area contributed by atoms with Gasteiger partial charge in [-0.1, -0.05) is 24.3 Å². The maximum Gasteiger partial charge on any atom is 0.181 e. The normalized spacial score (nSPS) is 13.4. The molecule has 1 aliphatic rings. The Hall–Kier alpha value is -2.14. The summed E-state index contributed by atoms with van der Waals surface area (Å²) in [7, 11) is 1.91. The van der Waals surface area contributed by atoms with Crippen LogP contribution >= 0.6 is 11.8 Å². The molecule has 4 nitrogen and oxygen atoms in total. The van der Waals surface area contributed by atoms with E-state index in [2.05, 4.69) is 27.4 Å². The summed E-state index contributed by atoms with van der Waals surface area (Å²) in [6.07, 6.45) is 1.82. The van der Waals surface area contributed by atoms with E-state index in [9.17, 15) is 0 Å². The second-order valence-corrected chi connectivity index (χ2v) is 5.93. The van der Waals surface area contributed by atoms with E-state index in [1.807, 2.05) is 43.2 Å². The summed E-state index contributed by atoms with van der Waals surface area (Å²) in [5, 5.41) is 5.44. The number of anilines is 1. The maximum absolute atomic E-state index is 4.75. The van der Waals surface area contributed by atoms with Gasteiger partial charge in [0, 0.05) is 35.7 Å². The van der Waals surface area contributed by atoms with Gasteiger partial charge in [-0.25, -0.2) is 9.97 Å². The first kappa shape index (κ1) is 12.6. The second-order valence-electron chi connectivity index (χ2n) is 4.94. The molecule has 0 amide bonds. The second kappa shape index (κ2) is 5.00. The van der Waals surface area contributed by atoms with Crippen LogP contribution in [0.3, 0.4) is 0 Å². The molecule has 3 aromatic rings. The van der Waals surface area contributed by atoms with Gasteiger partial charge in [-0.05, 0) is 11.5 Å². The quantitative estimate of drug-likeness (QED) is 0.784. The van der Waals surface area contributed by atoms with Gasteiger partial charge in [-0.2, -0.15) is 11.8 Å². The molecule has 3 heterocycles. The summed E-state index contributed by atoms with van der Waals surface area (Å²) < 4.78 is 0. The van der Waals surface area contributed by atoms with Crippen molar-refractivity contribution in [1.82, 2.24) is 15.0 Å². The van der Waals surface area contributed by atoms with Crippen molar-refractivity contribution in [3.63, 3.8) is 0 Å². The fourth-order valence-electron chi connectivity index (χ4n) is 2.66. The molecule has 0 saturated carbocycles. The zero-order valence-corrected chi connectivity index (χ0v) is 12.4. The topological polar surface area (TPSA) is 50.7 Å². The number of fused-ring (bicyclic) bond motifs is 2. The Bertz CT molecular complexity index is 826. The lowest BCUT2D eigenvalue weighted by molar-refractivity contribution is 1.06. The van der Waals surface area contributed by atoms with Crippen LogP contribution in [0.25, 0.3) is 22.3 Å². The molecule has 0 atom stereocenters. The number of pyridine rings is 1. The number of rotatable bonds is 2. The highest BCUT2D eigenvalue weighted by atomic mass is 32.2. The van der Waals surface area contributed by atoms with Crippen LogP contribution in [0.1, 0.15) is 11.3 Å². The Morgan fingerprint density at radius 1 is 1.10 bits per heavy atom. The first-order chi connectivity index (χ1) is 10.4. The Morgan fingerprint density at radius 2 is 2.00 bits per heavy atom. The van der Waals surface area contributed by atoms with Gasteiger partial charge in [0.2, 0.25) is 0 Å². The molecule has 4 rings (SSSR count). The molecule has 104 valence electrons. The summed E-state index contributed by atoms with van der Waals surface area (Å²) >= 11 is 1.88. The van der Waals surface area contributed by atoms with Crippen LogP contribution in [0.15, 0.2) is 36.5 Å². The Morgan fingerprint density at radius 3 is 2.90 bits per heavy atom. The molecule has 21 heavy (non-hydrogen) atoms.